The van der Waals surface area contributed by atoms with Gasteiger partial charge < -0.3 is 14.0 Å². The van der Waals surface area contributed by atoms with Gasteiger partial charge in [-0.25, -0.2) is 0 Å². The average Bonchev–Trinajstić information content (AvgIpc) is 3.89. The molecule has 0 unspecified atom stereocenters. The predicted molar refractivity (Wildman–Crippen MR) is 276 cm³/mol. The van der Waals surface area contributed by atoms with E-state index in [0.29, 0.717) is 0 Å². The van der Waals surface area contributed by atoms with Crippen LogP contribution in [0.5, 0.6) is 0 Å². The molecule has 0 radical (unpaired) electrons. The molecule has 13 rings (SSSR count). The Morgan fingerprint density at radius 1 is 0.262 bits per heavy atom. The van der Waals surface area contributed by atoms with Gasteiger partial charge >= 0.3 is 0 Å². The highest BCUT2D eigenvalue weighted by molar-refractivity contribution is 6.13. The van der Waals surface area contributed by atoms with E-state index in [0.717, 1.165) is 28.4 Å². The maximum atomic E-state index is 2.45. The molecule has 0 aliphatic heterocycles. The summed E-state index contributed by atoms with van der Waals surface area (Å²) in [7, 11) is 0. The maximum absolute atomic E-state index is 2.45. The summed E-state index contributed by atoms with van der Waals surface area (Å²) < 4.78 is 4.77. The van der Waals surface area contributed by atoms with Crippen molar-refractivity contribution in [2.75, 3.05) is 4.90 Å². The van der Waals surface area contributed by atoms with E-state index < -0.39 is 0 Å². The largest absolute Gasteiger partial charge is 0.309 e. The fourth-order valence-corrected chi connectivity index (χ4v) is 10.3. The first kappa shape index (κ1) is 36.9. The van der Waals surface area contributed by atoms with E-state index >= 15 is 0 Å². The molecule has 0 atom stereocenters. The van der Waals surface area contributed by atoms with E-state index in [2.05, 4.69) is 263 Å². The zero-order valence-electron chi connectivity index (χ0n) is 35.5. The monoisotopic (exact) mass is 827 g/mol. The van der Waals surface area contributed by atoms with Crippen molar-refractivity contribution in [1.29, 1.82) is 0 Å². The van der Waals surface area contributed by atoms with E-state index in [9.17, 15) is 0 Å². The minimum Gasteiger partial charge on any atom is -0.309 e. The Bertz CT molecular complexity index is 3930. The van der Waals surface area contributed by atoms with Gasteiger partial charge in [-0.1, -0.05) is 170 Å². The number of rotatable bonds is 7. The quantitative estimate of drug-likeness (QED) is 0.156. The van der Waals surface area contributed by atoms with Crippen molar-refractivity contribution in [3.8, 4) is 33.6 Å². The van der Waals surface area contributed by atoms with E-state index in [1.54, 1.807) is 0 Å². The summed E-state index contributed by atoms with van der Waals surface area (Å²) in [6.45, 7) is 0. The number of para-hydroxylation sites is 4. The molecule has 2 aromatic heterocycles. The van der Waals surface area contributed by atoms with Crippen LogP contribution in [0.4, 0.5) is 17.1 Å². The van der Waals surface area contributed by atoms with Crippen molar-refractivity contribution in [3.05, 3.63) is 249 Å². The van der Waals surface area contributed by atoms with E-state index in [-0.39, 0.29) is 0 Å². The number of benzene rings is 11. The van der Waals surface area contributed by atoms with Gasteiger partial charge in [0.1, 0.15) is 0 Å². The first-order valence-electron chi connectivity index (χ1n) is 22.3. The van der Waals surface area contributed by atoms with E-state index in [4.69, 9.17) is 0 Å². The number of hydrogen-bond acceptors (Lipinski definition) is 1. The lowest BCUT2D eigenvalue weighted by atomic mass is 9.95. The summed E-state index contributed by atoms with van der Waals surface area (Å²) in [6.07, 6.45) is 0. The molecule has 3 heteroatoms. The summed E-state index contributed by atoms with van der Waals surface area (Å²) >= 11 is 0. The second kappa shape index (κ2) is 15.0. The molecule has 0 fully saturated rings. The van der Waals surface area contributed by atoms with Crippen LogP contribution >= 0.6 is 0 Å². The van der Waals surface area contributed by atoms with Crippen LogP contribution in [-0.2, 0) is 0 Å². The van der Waals surface area contributed by atoms with E-state index in [1.807, 2.05) is 0 Å². The van der Waals surface area contributed by atoms with Crippen LogP contribution < -0.4 is 4.90 Å². The molecule has 13 aromatic rings. The van der Waals surface area contributed by atoms with Gasteiger partial charge in [0.2, 0.25) is 0 Å². The molecular formula is C62H41N3. The van der Waals surface area contributed by atoms with Crippen LogP contribution in [0.1, 0.15) is 0 Å². The van der Waals surface area contributed by atoms with Gasteiger partial charge in [-0.15, -0.1) is 0 Å². The lowest BCUT2D eigenvalue weighted by molar-refractivity contribution is 1.18. The predicted octanol–water partition coefficient (Wildman–Crippen LogP) is 17.0. The van der Waals surface area contributed by atoms with Gasteiger partial charge in [0, 0.05) is 49.4 Å². The molecule has 304 valence electrons. The normalized spacial score (nSPS) is 11.7. The fraction of sp³-hybridized carbons (Fsp3) is 0. The third-order valence-corrected chi connectivity index (χ3v) is 13.3. The smallest absolute Gasteiger partial charge is 0.0547 e. The van der Waals surface area contributed by atoms with Crippen LogP contribution in [-0.4, -0.2) is 9.13 Å². The number of hydrogen-bond donors (Lipinski definition) is 0. The second-order valence-corrected chi connectivity index (χ2v) is 16.9. The summed E-state index contributed by atoms with van der Waals surface area (Å²) in [4.78, 5) is 2.45. The third kappa shape index (κ3) is 5.97. The minimum atomic E-state index is 1.10. The van der Waals surface area contributed by atoms with Crippen LogP contribution in [0.3, 0.4) is 0 Å². The molecule has 11 aromatic carbocycles. The molecule has 3 nitrogen and oxygen atoms in total. The van der Waals surface area contributed by atoms with Crippen molar-refractivity contribution in [2.45, 2.75) is 0 Å². The number of aromatic nitrogens is 2. The molecule has 0 saturated carbocycles. The molecule has 0 amide bonds. The highest BCUT2D eigenvalue weighted by Crippen LogP contribution is 2.46. The fourth-order valence-electron chi connectivity index (χ4n) is 10.3. The lowest BCUT2D eigenvalue weighted by Crippen LogP contribution is -2.11. The third-order valence-electron chi connectivity index (χ3n) is 13.3. The van der Waals surface area contributed by atoms with E-state index in [1.165, 1.54) is 87.4 Å². The molecule has 0 saturated heterocycles. The zero-order valence-corrected chi connectivity index (χ0v) is 35.5. The minimum absolute atomic E-state index is 1.10. The lowest BCUT2D eigenvalue weighted by Gasteiger charge is -2.29. The summed E-state index contributed by atoms with van der Waals surface area (Å²) in [5, 5.41) is 9.80. The van der Waals surface area contributed by atoms with Gasteiger partial charge in [-0.2, -0.15) is 0 Å². The van der Waals surface area contributed by atoms with Crippen molar-refractivity contribution >= 4 is 82.2 Å². The Hall–Kier alpha value is -8.66. The molecule has 65 heavy (non-hydrogen) atoms. The second-order valence-electron chi connectivity index (χ2n) is 16.9. The Morgan fingerprint density at radius 2 is 0.769 bits per heavy atom. The van der Waals surface area contributed by atoms with Gasteiger partial charge in [0.25, 0.3) is 0 Å². The SMILES string of the molecule is c1ccc(-n2c3ccccc3c3cc(-c4ccc(N(c5cccc6ccccc56)c5ccc(-c6ccc7c8ccccc8n(-c8ccccc8)c7c6)c6ccccc56)cc4)ccc32)cc1. The van der Waals surface area contributed by atoms with Gasteiger partial charge in [-0.05, 0) is 112 Å². The molecular weight excluding hydrogens is 787 g/mol. The molecule has 0 bridgehead atoms. The van der Waals surface area contributed by atoms with Crippen LogP contribution in [0.2, 0.25) is 0 Å². The Labute approximate surface area is 376 Å². The van der Waals surface area contributed by atoms with Crippen molar-refractivity contribution < 1.29 is 0 Å². The molecule has 0 spiro atoms. The number of fused-ring (bicyclic) bond motifs is 8. The van der Waals surface area contributed by atoms with Gasteiger partial charge in [-0.3, -0.25) is 0 Å². The highest BCUT2D eigenvalue weighted by atomic mass is 15.1. The molecule has 0 N–H and O–H groups in total. The molecule has 0 aliphatic rings. The Balaban J connectivity index is 0.960. The highest BCUT2D eigenvalue weighted by Gasteiger charge is 2.21. The zero-order chi connectivity index (χ0) is 42.8. The van der Waals surface area contributed by atoms with Crippen molar-refractivity contribution in [3.63, 3.8) is 0 Å². The van der Waals surface area contributed by atoms with Crippen LogP contribution in [0.15, 0.2) is 249 Å². The first-order valence-corrected chi connectivity index (χ1v) is 22.3. The Morgan fingerprint density at radius 3 is 1.49 bits per heavy atom. The van der Waals surface area contributed by atoms with Crippen molar-refractivity contribution in [2.24, 2.45) is 0 Å². The van der Waals surface area contributed by atoms with Crippen LogP contribution in [0.25, 0.3) is 98.8 Å². The van der Waals surface area contributed by atoms with Gasteiger partial charge in [0.05, 0.1) is 33.4 Å². The number of anilines is 3. The average molecular weight is 828 g/mol. The number of nitrogens with zero attached hydrogens (tertiary/aromatic N) is 3. The molecule has 2 heterocycles. The summed E-state index contributed by atoms with van der Waals surface area (Å²) in [6, 6.07) is 90.7. The van der Waals surface area contributed by atoms with Crippen molar-refractivity contribution in [1.82, 2.24) is 9.13 Å². The maximum Gasteiger partial charge on any atom is 0.0547 e. The topological polar surface area (TPSA) is 13.1 Å². The standard InChI is InChI=1S/C62H41N3/c1-3-18-46(19-4-1)63-59-28-14-12-26-54(59)56-40-44(33-38-61(56)63)42-30-34-48(35-31-42)64(57-29-15-17-43-16-7-8-22-50(43)57)60-39-37-49(51-23-9-10-24-52(51)60)45-32-36-55-53-25-11-13-27-58(53)65(62(55)41-45)47-20-5-2-6-21-47/h1-41H. The first-order chi connectivity index (χ1) is 32.3. The van der Waals surface area contributed by atoms with Crippen LogP contribution in [0, 0.1) is 0 Å². The summed E-state index contributed by atoms with van der Waals surface area (Å²) in [5.74, 6) is 0. The Kier molecular flexibility index (Phi) is 8.53. The molecule has 0 aliphatic carbocycles. The summed E-state index contributed by atoms with van der Waals surface area (Å²) in [5.41, 5.74) is 15.2. The van der Waals surface area contributed by atoms with Gasteiger partial charge in [0.15, 0.2) is 0 Å².